The van der Waals surface area contributed by atoms with Gasteiger partial charge in [-0.3, -0.25) is 4.79 Å². The summed E-state index contributed by atoms with van der Waals surface area (Å²) in [5.74, 6) is 0.945. The van der Waals surface area contributed by atoms with Gasteiger partial charge < -0.3 is 14.6 Å². The molecule has 0 aliphatic heterocycles. The maximum atomic E-state index is 10.5. The van der Waals surface area contributed by atoms with Crippen molar-refractivity contribution in [2.75, 3.05) is 0 Å². The van der Waals surface area contributed by atoms with Gasteiger partial charge in [-0.05, 0) is 55.8 Å². The van der Waals surface area contributed by atoms with Crippen molar-refractivity contribution in [3.05, 3.63) is 52.5 Å². The van der Waals surface area contributed by atoms with Crippen molar-refractivity contribution in [3.8, 4) is 17.2 Å². The number of ether oxygens (including phenoxy) is 2. The molecule has 2 rings (SSSR count). The van der Waals surface area contributed by atoms with Gasteiger partial charge in [0.05, 0.1) is 11.1 Å². The van der Waals surface area contributed by atoms with Crippen LogP contribution in [0.3, 0.4) is 0 Å². The third-order valence-corrected chi connectivity index (χ3v) is 3.58. The molecule has 0 bridgehead atoms. The van der Waals surface area contributed by atoms with Crippen LogP contribution in [-0.4, -0.2) is 17.2 Å². The molecule has 2 aromatic carbocycles. The highest BCUT2D eigenvalue weighted by Gasteiger charge is 2.08. The Morgan fingerprint density at radius 2 is 1.78 bits per heavy atom. The third-order valence-electron chi connectivity index (χ3n) is 3.05. The van der Waals surface area contributed by atoms with E-state index in [0.717, 1.165) is 0 Å². The molecule has 0 saturated heterocycles. The van der Waals surface area contributed by atoms with E-state index >= 15 is 0 Å². The van der Waals surface area contributed by atoms with Crippen molar-refractivity contribution in [2.45, 2.75) is 25.9 Å². The van der Waals surface area contributed by atoms with Crippen LogP contribution < -0.4 is 9.47 Å². The SMILES string of the molecule is CC(CCC(=O)O)Oc1ccc(Oc2ccc(Cl)cc2Cl)cc1. The minimum Gasteiger partial charge on any atom is -0.491 e. The second-order valence-corrected chi connectivity index (χ2v) is 5.85. The molecule has 0 fully saturated rings. The quantitative estimate of drug-likeness (QED) is 0.721. The van der Waals surface area contributed by atoms with Crippen LogP contribution in [0.25, 0.3) is 0 Å². The smallest absolute Gasteiger partial charge is 0.303 e. The van der Waals surface area contributed by atoms with Crippen LogP contribution in [0.1, 0.15) is 19.8 Å². The van der Waals surface area contributed by atoms with Crippen LogP contribution in [0.2, 0.25) is 10.0 Å². The first-order valence-corrected chi connectivity index (χ1v) is 7.81. The third kappa shape index (κ3) is 5.66. The van der Waals surface area contributed by atoms with Crippen molar-refractivity contribution >= 4 is 29.2 Å². The van der Waals surface area contributed by atoms with Crippen LogP contribution in [-0.2, 0) is 4.79 Å². The largest absolute Gasteiger partial charge is 0.491 e. The summed E-state index contributed by atoms with van der Waals surface area (Å²) in [5.41, 5.74) is 0. The molecule has 0 aromatic heterocycles. The molecule has 1 atom stereocenters. The normalized spacial score (nSPS) is 11.8. The standard InChI is InChI=1S/C17H16Cl2O4/c1-11(2-9-17(20)21)22-13-4-6-14(7-5-13)23-16-8-3-12(18)10-15(16)19/h3-8,10-11H,2,9H2,1H3,(H,20,21). The molecule has 4 nitrogen and oxygen atoms in total. The fourth-order valence-corrected chi connectivity index (χ4v) is 2.34. The van der Waals surface area contributed by atoms with Gasteiger partial charge in [0.1, 0.15) is 17.2 Å². The van der Waals surface area contributed by atoms with Gasteiger partial charge >= 0.3 is 5.97 Å². The summed E-state index contributed by atoms with van der Waals surface area (Å²) in [7, 11) is 0. The minimum atomic E-state index is -0.830. The Hall–Kier alpha value is -1.91. The number of hydrogen-bond donors (Lipinski definition) is 1. The highest BCUT2D eigenvalue weighted by molar-refractivity contribution is 6.35. The Bertz CT molecular complexity index is 671. The fourth-order valence-electron chi connectivity index (χ4n) is 1.89. The molecule has 1 unspecified atom stereocenters. The lowest BCUT2D eigenvalue weighted by molar-refractivity contribution is -0.137. The van der Waals surface area contributed by atoms with E-state index < -0.39 is 5.97 Å². The zero-order valence-electron chi connectivity index (χ0n) is 12.5. The van der Waals surface area contributed by atoms with Crippen molar-refractivity contribution in [1.82, 2.24) is 0 Å². The summed E-state index contributed by atoms with van der Waals surface area (Å²) in [6.07, 6.45) is 0.356. The second kappa shape index (κ2) is 8.09. The Balaban J connectivity index is 1.95. The number of rotatable bonds is 7. The predicted molar refractivity (Wildman–Crippen MR) is 89.9 cm³/mol. The first kappa shape index (κ1) is 17.4. The first-order valence-electron chi connectivity index (χ1n) is 7.05. The summed E-state index contributed by atoms with van der Waals surface area (Å²) < 4.78 is 11.3. The molecular weight excluding hydrogens is 339 g/mol. The molecular formula is C17H16Cl2O4. The van der Waals surface area contributed by atoms with Gasteiger partial charge in [0.25, 0.3) is 0 Å². The zero-order valence-corrected chi connectivity index (χ0v) is 14.0. The average molecular weight is 355 g/mol. The molecule has 1 N–H and O–H groups in total. The molecule has 0 aliphatic carbocycles. The summed E-state index contributed by atoms with van der Waals surface area (Å²) in [6, 6.07) is 12.0. The fraction of sp³-hybridized carbons (Fsp3) is 0.235. The number of halogens is 2. The average Bonchev–Trinajstić information content (AvgIpc) is 2.50. The summed E-state index contributed by atoms with van der Waals surface area (Å²) >= 11 is 11.9. The molecule has 2 aromatic rings. The van der Waals surface area contributed by atoms with Crippen molar-refractivity contribution in [1.29, 1.82) is 0 Å². The van der Waals surface area contributed by atoms with Crippen LogP contribution >= 0.6 is 23.2 Å². The molecule has 23 heavy (non-hydrogen) atoms. The minimum absolute atomic E-state index is 0.0808. The lowest BCUT2D eigenvalue weighted by Gasteiger charge is -2.14. The summed E-state index contributed by atoms with van der Waals surface area (Å²) in [4.78, 5) is 10.5. The van der Waals surface area contributed by atoms with Crippen molar-refractivity contribution in [3.63, 3.8) is 0 Å². The Morgan fingerprint density at radius 1 is 1.13 bits per heavy atom. The van der Waals surface area contributed by atoms with Gasteiger partial charge in [0.2, 0.25) is 0 Å². The van der Waals surface area contributed by atoms with E-state index in [4.69, 9.17) is 37.8 Å². The number of hydrogen-bond acceptors (Lipinski definition) is 3. The molecule has 0 amide bonds. The van der Waals surface area contributed by atoms with E-state index in [9.17, 15) is 4.79 Å². The highest BCUT2D eigenvalue weighted by atomic mass is 35.5. The first-order chi connectivity index (χ1) is 10.9. The number of carboxylic acid groups (broad SMARTS) is 1. The summed E-state index contributed by atoms with van der Waals surface area (Å²) in [6.45, 7) is 1.83. The maximum Gasteiger partial charge on any atom is 0.303 e. The van der Waals surface area contributed by atoms with Gasteiger partial charge in [-0.15, -0.1) is 0 Å². The number of carbonyl (C=O) groups is 1. The number of benzene rings is 2. The Morgan fingerprint density at radius 3 is 2.39 bits per heavy atom. The lowest BCUT2D eigenvalue weighted by Crippen LogP contribution is -2.13. The number of carboxylic acids is 1. The summed E-state index contributed by atoms with van der Waals surface area (Å²) in [5, 5.41) is 9.63. The van der Waals surface area contributed by atoms with Crippen LogP contribution in [0.5, 0.6) is 17.2 Å². The molecule has 0 heterocycles. The van der Waals surface area contributed by atoms with Gasteiger partial charge in [-0.25, -0.2) is 0 Å². The van der Waals surface area contributed by atoms with E-state index in [1.54, 1.807) is 42.5 Å². The topological polar surface area (TPSA) is 55.8 Å². The highest BCUT2D eigenvalue weighted by Crippen LogP contribution is 2.32. The molecule has 0 saturated carbocycles. The lowest BCUT2D eigenvalue weighted by atomic mass is 10.2. The van der Waals surface area contributed by atoms with E-state index in [0.29, 0.717) is 33.7 Å². The van der Waals surface area contributed by atoms with Crippen LogP contribution in [0.4, 0.5) is 0 Å². The molecule has 122 valence electrons. The second-order valence-electron chi connectivity index (χ2n) is 5.01. The van der Waals surface area contributed by atoms with Crippen LogP contribution in [0.15, 0.2) is 42.5 Å². The van der Waals surface area contributed by atoms with Gasteiger partial charge in [0, 0.05) is 11.4 Å². The van der Waals surface area contributed by atoms with Gasteiger partial charge in [-0.1, -0.05) is 23.2 Å². The van der Waals surface area contributed by atoms with Gasteiger partial charge in [-0.2, -0.15) is 0 Å². The maximum absolute atomic E-state index is 10.5. The van der Waals surface area contributed by atoms with E-state index in [1.807, 2.05) is 6.92 Å². The number of aliphatic carboxylic acids is 1. The van der Waals surface area contributed by atoms with Gasteiger partial charge in [0.15, 0.2) is 0 Å². The van der Waals surface area contributed by atoms with Crippen molar-refractivity contribution in [2.24, 2.45) is 0 Å². The monoisotopic (exact) mass is 354 g/mol. The van der Waals surface area contributed by atoms with Crippen LogP contribution in [0, 0.1) is 0 Å². The van der Waals surface area contributed by atoms with E-state index in [1.165, 1.54) is 0 Å². The van der Waals surface area contributed by atoms with Crippen molar-refractivity contribution < 1.29 is 19.4 Å². The predicted octanol–water partition coefficient (Wildman–Crippen LogP) is 5.42. The Kier molecular flexibility index (Phi) is 6.13. The molecule has 0 aliphatic rings. The van der Waals surface area contributed by atoms with E-state index in [2.05, 4.69) is 0 Å². The Labute approximate surface area is 144 Å². The molecule has 6 heteroatoms. The zero-order chi connectivity index (χ0) is 16.8. The van der Waals surface area contributed by atoms with E-state index in [-0.39, 0.29) is 12.5 Å². The molecule has 0 radical (unpaired) electrons. The molecule has 0 spiro atoms.